The number of nitrogens with one attached hydrogen (secondary N) is 1. The minimum absolute atomic E-state index is 0.0627. The van der Waals surface area contributed by atoms with Gasteiger partial charge >= 0.3 is 6.18 Å². The number of carbonyl (C=O) groups is 1. The molecular weight excluding hydrogens is 283 g/mol. The maximum absolute atomic E-state index is 12.0. The number of nitrogen functional groups attached to an aromatic ring is 1. The molecule has 0 bridgehead atoms. The molecule has 0 unspecified atom stereocenters. The molecule has 1 aromatic heterocycles. The van der Waals surface area contributed by atoms with Crippen molar-refractivity contribution >= 4 is 22.5 Å². The Bertz CT molecular complexity index is 655. The molecule has 0 radical (unpaired) electrons. The van der Waals surface area contributed by atoms with Crippen molar-refractivity contribution in [3.63, 3.8) is 0 Å². The number of pyridine rings is 1. The Morgan fingerprint density at radius 1 is 1.29 bits per heavy atom. The third-order valence-corrected chi connectivity index (χ3v) is 2.90. The molecule has 7 heteroatoms. The molecule has 0 aliphatic rings. The van der Waals surface area contributed by atoms with Gasteiger partial charge in [-0.1, -0.05) is 18.2 Å². The molecule has 2 aromatic rings. The van der Waals surface area contributed by atoms with Gasteiger partial charge in [0.15, 0.2) is 0 Å². The average molecular weight is 297 g/mol. The van der Waals surface area contributed by atoms with Crippen LogP contribution in [0.15, 0.2) is 30.3 Å². The number of fused-ring (bicyclic) bond motifs is 1. The summed E-state index contributed by atoms with van der Waals surface area (Å²) in [5.41, 5.74) is 6.90. The predicted octanol–water partition coefficient (Wildman–Crippen LogP) is 2.89. The van der Waals surface area contributed by atoms with Crippen molar-refractivity contribution in [3.05, 3.63) is 36.0 Å². The number of alkyl halides is 3. The van der Waals surface area contributed by atoms with E-state index in [9.17, 15) is 18.0 Å². The Balaban J connectivity index is 2.03. The zero-order valence-corrected chi connectivity index (χ0v) is 11.1. The van der Waals surface area contributed by atoms with Crippen molar-refractivity contribution < 1.29 is 18.0 Å². The van der Waals surface area contributed by atoms with E-state index in [1.807, 2.05) is 0 Å². The highest BCUT2D eigenvalue weighted by Crippen LogP contribution is 2.21. The topological polar surface area (TPSA) is 68.0 Å². The van der Waals surface area contributed by atoms with Crippen molar-refractivity contribution in [1.29, 1.82) is 0 Å². The Morgan fingerprint density at radius 3 is 2.71 bits per heavy atom. The van der Waals surface area contributed by atoms with Crippen LogP contribution in [0.3, 0.4) is 0 Å². The smallest absolute Gasteiger partial charge is 0.389 e. The zero-order chi connectivity index (χ0) is 15.5. The van der Waals surface area contributed by atoms with Gasteiger partial charge in [0.05, 0.1) is 5.52 Å². The van der Waals surface area contributed by atoms with Crippen LogP contribution in [0.2, 0.25) is 0 Å². The lowest BCUT2D eigenvalue weighted by Crippen LogP contribution is -2.26. The van der Waals surface area contributed by atoms with Crippen molar-refractivity contribution in [2.75, 3.05) is 12.3 Å². The summed E-state index contributed by atoms with van der Waals surface area (Å²) in [6.45, 7) is -0.0627. The Labute approximate surface area is 119 Å². The summed E-state index contributed by atoms with van der Waals surface area (Å²) in [5.74, 6) is -0.533. The molecule has 1 heterocycles. The number of hydrogen-bond donors (Lipinski definition) is 2. The number of nitrogens with zero attached hydrogens (tertiary/aromatic N) is 1. The number of hydrogen-bond acceptors (Lipinski definition) is 3. The van der Waals surface area contributed by atoms with E-state index in [1.54, 1.807) is 24.3 Å². The second-order valence-corrected chi connectivity index (χ2v) is 4.59. The molecule has 3 N–H and O–H groups in total. The number of para-hydroxylation sites is 1. The summed E-state index contributed by atoms with van der Waals surface area (Å²) in [6, 6.07) is 8.48. The van der Waals surface area contributed by atoms with Crippen molar-refractivity contribution in [2.24, 2.45) is 0 Å². The van der Waals surface area contributed by atoms with Crippen molar-refractivity contribution in [1.82, 2.24) is 10.3 Å². The molecule has 1 aromatic carbocycles. The van der Waals surface area contributed by atoms with Crippen LogP contribution in [-0.2, 0) is 0 Å². The molecule has 0 fully saturated rings. The van der Waals surface area contributed by atoms with E-state index in [0.717, 1.165) is 5.39 Å². The van der Waals surface area contributed by atoms with E-state index in [0.29, 0.717) is 11.2 Å². The van der Waals surface area contributed by atoms with Gasteiger partial charge in [0.2, 0.25) is 0 Å². The van der Waals surface area contributed by atoms with Gasteiger partial charge in [-0.2, -0.15) is 13.2 Å². The lowest BCUT2D eigenvalue weighted by atomic mass is 10.1. The number of aromatic nitrogens is 1. The Kier molecular flexibility index (Phi) is 4.30. The minimum atomic E-state index is -4.21. The summed E-state index contributed by atoms with van der Waals surface area (Å²) in [6.07, 6.45) is -5.31. The van der Waals surface area contributed by atoms with Gasteiger partial charge in [-0.3, -0.25) is 4.79 Å². The number of carbonyl (C=O) groups excluding carboxylic acids is 1. The molecule has 21 heavy (non-hydrogen) atoms. The molecule has 0 aliphatic carbocycles. The van der Waals surface area contributed by atoms with E-state index in [4.69, 9.17) is 5.73 Å². The van der Waals surface area contributed by atoms with Crippen LogP contribution in [0, 0.1) is 0 Å². The van der Waals surface area contributed by atoms with Gasteiger partial charge < -0.3 is 11.1 Å². The zero-order valence-electron chi connectivity index (χ0n) is 11.1. The third kappa shape index (κ3) is 4.08. The molecule has 112 valence electrons. The normalized spacial score (nSPS) is 11.6. The molecule has 4 nitrogen and oxygen atoms in total. The SMILES string of the molecule is Nc1cc(C(=O)NCCCC(F)(F)F)nc2ccccc12. The fourth-order valence-corrected chi connectivity index (χ4v) is 1.90. The fourth-order valence-electron chi connectivity index (χ4n) is 1.90. The first-order valence-corrected chi connectivity index (χ1v) is 6.37. The molecule has 0 saturated carbocycles. The number of halogens is 3. The highest BCUT2D eigenvalue weighted by molar-refractivity contribution is 5.99. The molecular formula is C14H14F3N3O. The maximum atomic E-state index is 12.0. The first-order chi connectivity index (χ1) is 9.87. The van der Waals surface area contributed by atoms with Gasteiger partial charge in [0, 0.05) is 24.0 Å². The standard InChI is InChI=1S/C14H14F3N3O/c15-14(16,17)6-3-7-19-13(21)12-8-10(18)9-4-1-2-5-11(9)20-12/h1-2,4-5,8H,3,6-7H2,(H2,18,20)(H,19,21). The average Bonchev–Trinajstić information content (AvgIpc) is 2.42. The van der Waals surface area contributed by atoms with Crippen LogP contribution in [0.1, 0.15) is 23.3 Å². The second kappa shape index (κ2) is 5.99. The van der Waals surface area contributed by atoms with Gasteiger partial charge in [0.25, 0.3) is 5.91 Å². The lowest BCUT2D eigenvalue weighted by molar-refractivity contribution is -0.135. The van der Waals surface area contributed by atoms with Crippen molar-refractivity contribution in [2.45, 2.75) is 19.0 Å². The maximum Gasteiger partial charge on any atom is 0.389 e. The molecule has 0 saturated heterocycles. The van der Waals surface area contributed by atoms with Crippen LogP contribution in [-0.4, -0.2) is 23.6 Å². The monoisotopic (exact) mass is 297 g/mol. The summed E-state index contributed by atoms with van der Waals surface area (Å²) in [7, 11) is 0. The first kappa shape index (κ1) is 15.1. The third-order valence-electron chi connectivity index (χ3n) is 2.90. The molecule has 2 rings (SSSR count). The Morgan fingerprint density at radius 2 is 2.00 bits per heavy atom. The van der Waals surface area contributed by atoms with E-state index < -0.39 is 18.5 Å². The largest absolute Gasteiger partial charge is 0.398 e. The molecule has 0 spiro atoms. The molecule has 1 amide bonds. The quantitative estimate of drug-likeness (QED) is 0.853. The van der Waals surface area contributed by atoms with E-state index >= 15 is 0 Å². The highest BCUT2D eigenvalue weighted by atomic mass is 19.4. The van der Waals surface area contributed by atoms with Gasteiger partial charge in [-0.25, -0.2) is 4.98 Å². The summed E-state index contributed by atoms with van der Waals surface area (Å²) in [5, 5.41) is 3.13. The van der Waals surface area contributed by atoms with Crippen LogP contribution in [0.5, 0.6) is 0 Å². The van der Waals surface area contributed by atoms with E-state index in [-0.39, 0.29) is 18.7 Å². The van der Waals surface area contributed by atoms with Crippen LogP contribution < -0.4 is 11.1 Å². The minimum Gasteiger partial charge on any atom is -0.398 e. The lowest BCUT2D eigenvalue weighted by Gasteiger charge is -2.08. The summed E-state index contributed by atoms with van der Waals surface area (Å²) < 4.78 is 36.0. The number of benzene rings is 1. The summed E-state index contributed by atoms with van der Waals surface area (Å²) >= 11 is 0. The Hall–Kier alpha value is -2.31. The first-order valence-electron chi connectivity index (χ1n) is 6.37. The van der Waals surface area contributed by atoms with E-state index in [1.165, 1.54) is 6.07 Å². The van der Waals surface area contributed by atoms with Gasteiger partial charge in [-0.15, -0.1) is 0 Å². The summed E-state index contributed by atoms with van der Waals surface area (Å²) in [4.78, 5) is 16.0. The predicted molar refractivity (Wildman–Crippen MR) is 73.8 cm³/mol. The highest BCUT2D eigenvalue weighted by Gasteiger charge is 2.26. The van der Waals surface area contributed by atoms with Crippen molar-refractivity contribution in [3.8, 4) is 0 Å². The van der Waals surface area contributed by atoms with Gasteiger partial charge in [-0.05, 0) is 18.6 Å². The number of amides is 1. The number of rotatable bonds is 4. The number of nitrogens with two attached hydrogens (primary N) is 1. The van der Waals surface area contributed by atoms with Gasteiger partial charge in [0.1, 0.15) is 5.69 Å². The number of anilines is 1. The van der Waals surface area contributed by atoms with Crippen LogP contribution >= 0.6 is 0 Å². The molecule has 0 aliphatic heterocycles. The fraction of sp³-hybridized carbons (Fsp3) is 0.286. The van der Waals surface area contributed by atoms with Crippen LogP contribution in [0.4, 0.5) is 18.9 Å². The second-order valence-electron chi connectivity index (χ2n) is 4.59. The van der Waals surface area contributed by atoms with E-state index in [2.05, 4.69) is 10.3 Å². The van der Waals surface area contributed by atoms with Crippen LogP contribution in [0.25, 0.3) is 10.9 Å². The molecule has 0 atom stereocenters.